The molecule has 8 heteroatoms. The van der Waals surface area contributed by atoms with Crippen molar-refractivity contribution >= 4 is 10.0 Å². The summed E-state index contributed by atoms with van der Waals surface area (Å²) in [5, 5.41) is 4.09. The van der Waals surface area contributed by atoms with Crippen LogP contribution in [0.5, 0.6) is 0 Å². The van der Waals surface area contributed by atoms with Gasteiger partial charge in [-0.15, -0.1) is 0 Å². The van der Waals surface area contributed by atoms with E-state index in [2.05, 4.69) is 15.0 Å². The summed E-state index contributed by atoms with van der Waals surface area (Å²) in [4.78, 5) is 6.18. The van der Waals surface area contributed by atoms with E-state index in [1.54, 1.807) is 12.4 Å². The SMILES string of the molecule is CS(=O)(=O)N1CCCN(Cc2cc(-c3ccncc3)no2)CC1. The molecule has 23 heavy (non-hydrogen) atoms. The van der Waals surface area contributed by atoms with E-state index >= 15 is 0 Å². The lowest BCUT2D eigenvalue weighted by Crippen LogP contribution is -2.34. The highest BCUT2D eigenvalue weighted by atomic mass is 32.2. The molecule has 1 aliphatic rings. The van der Waals surface area contributed by atoms with Crippen molar-refractivity contribution in [1.29, 1.82) is 0 Å². The van der Waals surface area contributed by atoms with Crippen LogP contribution in [0, 0.1) is 0 Å². The molecule has 2 aromatic heterocycles. The number of pyridine rings is 1. The van der Waals surface area contributed by atoms with Crippen molar-refractivity contribution in [3.63, 3.8) is 0 Å². The molecule has 2 aromatic rings. The van der Waals surface area contributed by atoms with Crippen LogP contribution in [0.3, 0.4) is 0 Å². The van der Waals surface area contributed by atoms with Gasteiger partial charge in [-0.05, 0) is 25.1 Å². The van der Waals surface area contributed by atoms with Crippen molar-refractivity contribution in [3.8, 4) is 11.3 Å². The lowest BCUT2D eigenvalue weighted by molar-refractivity contribution is 0.241. The van der Waals surface area contributed by atoms with Gasteiger partial charge < -0.3 is 4.52 Å². The van der Waals surface area contributed by atoms with Crippen LogP contribution >= 0.6 is 0 Å². The fourth-order valence-electron chi connectivity index (χ4n) is 2.70. The molecule has 0 aromatic carbocycles. The number of nitrogens with zero attached hydrogens (tertiary/aromatic N) is 4. The first kappa shape index (κ1) is 16.1. The van der Waals surface area contributed by atoms with Gasteiger partial charge in [0.05, 0.1) is 12.8 Å². The molecule has 3 rings (SSSR count). The Labute approximate surface area is 136 Å². The molecule has 0 unspecified atom stereocenters. The molecule has 7 nitrogen and oxygen atoms in total. The van der Waals surface area contributed by atoms with Crippen LogP contribution in [0.15, 0.2) is 35.1 Å². The summed E-state index contributed by atoms with van der Waals surface area (Å²) in [7, 11) is -3.11. The molecule has 0 bridgehead atoms. The molecule has 0 amide bonds. The fraction of sp³-hybridized carbons (Fsp3) is 0.467. The van der Waals surface area contributed by atoms with Crippen LogP contribution in [0.2, 0.25) is 0 Å². The summed E-state index contributed by atoms with van der Waals surface area (Å²) in [6.07, 6.45) is 5.52. The number of rotatable bonds is 4. The smallest absolute Gasteiger partial charge is 0.211 e. The van der Waals surface area contributed by atoms with Gasteiger partial charge in [-0.3, -0.25) is 9.88 Å². The largest absolute Gasteiger partial charge is 0.359 e. The van der Waals surface area contributed by atoms with Gasteiger partial charge in [0.15, 0.2) is 5.76 Å². The van der Waals surface area contributed by atoms with Gasteiger partial charge in [-0.2, -0.15) is 0 Å². The summed E-state index contributed by atoms with van der Waals surface area (Å²) in [5.74, 6) is 0.782. The molecule has 0 N–H and O–H groups in total. The molecule has 3 heterocycles. The Morgan fingerprint density at radius 3 is 2.70 bits per heavy atom. The minimum Gasteiger partial charge on any atom is -0.359 e. The Hall–Kier alpha value is -1.77. The highest BCUT2D eigenvalue weighted by Crippen LogP contribution is 2.19. The van der Waals surface area contributed by atoms with Crippen molar-refractivity contribution in [2.45, 2.75) is 13.0 Å². The van der Waals surface area contributed by atoms with Gasteiger partial charge in [0.2, 0.25) is 10.0 Å². The van der Waals surface area contributed by atoms with Crippen LogP contribution in [0.1, 0.15) is 12.2 Å². The predicted molar refractivity (Wildman–Crippen MR) is 86.0 cm³/mol. The van der Waals surface area contributed by atoms with E-state index in [0.29, 0.717) is 26.2 Å². The van der Waals surface area contributed by atoms with Gasteiger partial charge in [0.1, 0.15) is 5.69 Å². The van der Waals surface area contributed by atoms with Gasteiger partial charge in [-0.25, -0.2) is 12.7 Å². The van der Waals surface area contributed by atoms with Crippen LogP contribution in [-0.2, 0) is 16.6 Å². The molecule has 0 saturated carbocycles. The standard InChI is InChI=1S/C15H20N4O3S/c1-23(20,21)19-8-2-7-18(9-10-19)12-14-11-15(17-22-14)13-3-5-16-6-4-13/h3-6,11H,2,7-10,12H2,1H3. The van der Waals surface area contributed by atoms with Crippen molar-refractivity contribution in [1.82, 2.24) is 19.3 Å². The molecule has 1 aliphatic heterocycles. The molecule has 1 saturated heterocycles. The molecule has 0 atom stereocenters. The van der Waals surface area contributed by atoms with E-state index in [1.165, 1.54) is 10.6 Å². The van der Waals surface area contributed by atoms with E-state index in [9.17, 15) is 8.42 Å². The Bertz CT molecular complexity index is 745. The second kappa shape index (κ2) is 6.77. The molecule has 0 aliphatic carbocycles. The maximum absolute atomic E-state index is 11.6. The normalized spacial score (nSPS) is 18.0. The second-order valence-electron chi connectivity index (χ2n) is 5.71. The zero-order chi connectivity index (χ0) is 16.3. The lowest BCUT2D eigenvalue weighted by Gasteiger charge is -2.19. The third kappa shape index (κ3) is 4.15. The number of hydrogen-bond donors (Lipinski definition) is 0. The second-order valence-corrected chi connectivity index (χ2v) is 7.69. The van der Waals surface area contributed by atoms with Gasteiger partial charge in [0.25, 0.3) is 0 Å². The first-order valence-corrected chi connectivity index (χ1v) is 9.41. The fourth-order valence-corrected chi connectivity index (χ4v) is 3.58. The van der Waals surface area contributed by atoms with E-state index in [1.807, 2.05) is 18.2 Å². The van der Waals surface area contributed by atoms with Gasteiger partial charge in [-0.1, -0.05) is 5.16 Å². The first-order chi connectivity index (χ1) is 11.0. The number of hydrogen-bond acceptors (Lipinski definition) is 6. The predicted octanol–water partition coefficient (Wildman–Crippen LogP) is 1.20. The first-order valence-electron chi connectivity index (χ1n) is 7.56. The van der Waals surface area contributed by atoms with E-state index < -0.39 is 10.0 Å². The van der Waals surface area contributed by atoms with E-state index in [-0.39, 0.29) is 0 Å². The van der Waals surface area contributed by atoms with Crippen molar-refractivity contribution in [2.75, 3.05) is 32.4 Å². The molecule has 124 valence electrons. The Morgan fingerprint density at radius 2 is 1.96 bits per heavy atom. The third-order valence-corrected chi connectivity index (χ3v) is 5.23. The van der Waals surface area contributed by atoms with Gasteiger partial charge in [0, 0.05) is 43.7 Å². The average molecular weight is 336 g/mol. The minimum absolute atomic E-state index is 0.518. The molecular weight excluding hydrogens is 316 g/mol. The molecule has 1 fully saturated rings. The third-order valence-electron chi connectivity index (χ3n) is 3.93. The maximum atomic E-state index is 11.6. The Balaban J connectivity index is 1.63. The molecular formula is C15H20N4O3S. The van der Waals surface area contributed by atoms with Gasteiger partial charge >= 0.3 is 0 Å². The van der Waals surface area contributed by atoms with Crippen LogP contribution in [0.4, 0.5) is 0 Å². The molecule has 0 spiro atoms. The maximum Gasteiger partial charge on any atom is 0.211 e. The van der Waals surface area contributed by atoms with Crippen molar-refractivity contribution in [3.05, 3.63) is 36.4 Å². The summed E-state index contributed by atoms with van der Waals surface area (Å²) in [6.45, 7) is 3.27. The summed E-state index contributed by atoms with van der Waals surface area (Å²) >= 11 is 0. The quantitative estimate of drug-likeness (QED) is 0.835. The number of aromatic nitrogens is 2. The Morgan fingerprint density at radius 1 is 1.17 bits per heavy atom. The summed E-state index contributed by atoms with van der Waals surface area (Å²) < 4.78 is 30.2. The minimum atomic E-state index is -3.11. The highest BCUT2D eigenvalue weighted by molar-refractivity contribution is 7.88. The average Bonchev–Trinajstić information content (AvgIpc) is 2.85. The zero-order valence-corrected chi connectivity index (χ0v) is 13.9. The van der Waals surface area contributed by atoms with Crippen LogP contribution < -0.4 is 0 Å². The zero-order valence-electron chi connectivity index (χ0n) is 13.1. The number of sulfonamides is 1. The van der Waals surface area contributed by atoms with Crippen LogP contribution in [0.25, 0.3) is 11.3 Å². The Kier molecular flexibility index (Phi) is 4.74. The van der Waals surface area contributed by atoms with Crippen LogP contribution in [-0.4, -0.2) is 60.2 Å². The van der Waals surface area contributed by atoms with Crippen molar-refractivity contribution < 1.29 is 12.9 Å². The highest BCUT2D eigenvalue weighted by Gasteiger charge is 2.22. The topological polar surface area (TPSA) is 79.5 Å². The van der Waals surface area contributed by atoms with E-state index in [4.69, 9.17) is 4.52 Å². The summed E-state index contributed by atoms with van der Waals surface area (Å²) in [5.41, 5.74) is 1.75. The van der Waals surface area contributed by atoms with Crippen molar-refractivity contribution in [2.24, 2.45) is 0 Å². The molecule has 0 radical (unpaired) electrons. The monoisotopic (exact) mass is 336 g/mol. The summed E-state index contributed by atoms with van der Waals surface area (Å²) in [6, 6.07) is 5.70. The lowest BCUT2D eigenvalue weighted by atomic mass is 10.2. The van der Waals surface area contributed by atoms with E-state index in [0.717, 1.165) is 30.0 Å².